The first-order valence-electron chi connectivity index (χ1n) is 7.10. The number of carbonyl (C=O) groups excluding carboxylic acids is 1. The summed E-state index contributed by atoms with van der Waals surface area (Å²) >= 11 is 1.43. The van der Waals surface area contributed by atoms with Gasteiger partial charge in [0.05, 0.1) is 10.9 Å². The second-order valence-corrected chi connectivity index (χ2v) is 5.98. The summed E-state index contributed by atoms with van der Waals surface area (Å²) in [5, 5.41) is 8.50. The number of hydrogen-bond donors (Lipinski definition) is 1. The van der Waals surface area contributed by atoms with Crippen LogP contribution in [0.25, 0.3) is 10.7 Å². The first kappa shape index (κ1) is 15.2. The molecule has 6 nitrogen and oxygen atoms in total. The molecule has 1 atom stereocenters. The van der Waals surface area contributed by atoms with E-state index in [1.807, 2.05) is 54.8 Å². The van der Waals surface area contributed by atoms with Crippen LogP contribution in [0.1, 0.15) is 18.5 Å². The number of nitrogens with zero attached hydrogens (tertiary/aromatic N) is 2. The van der Waals surface area contributed by atoms with Crippen LogP contribution in [0, 0.1) is 0 Å². The van der Waals surface area contributed by atoms with Gasteiger partial charge < -0.3 is 5.32 Å². The zero-order chi connectivity index (χ0) is 16.2. The minimum Gasteiger partial charge on any atom is -0.348 e. The number of carbonyl (C=O) groups is 1. The van der Waals surface area contributed by atoms with E-state index in [2.05, 4.69) is 10.5 Å². The number of thiophene rings is 1. The highest BCUT2D eigenvalue weighted by molar-refractivity contribution is 7.13. The summed E-state index contributed by atoms with van der Waals surface area (Å²) in [6, 6.07) is 13.1. The predicted octanol–water partition coefficient (Wildman–Crippen LogP) is 2.44. The molecule has 2 heterocycles. The van der Waals surface area contributed by atoms with Gasteiger partial charge in [0, 0.05) is 0 Å². The number of nitrogens with one attached hydrogen (secondary N) is 1. The van der Waals surface area contributed by atoms with Crippen LogP contribution in [-0.4, -0.2) is 15.6 Å². The maximum Gasteiger partial charge on any atom is 0.442 e. The van der Waals surface area contributed by atoms with Crippen LogP contribution >= 0.6 is 11.3 Å². The molecule has 0 bridgehead atoms. The molecule has 0 fully saturated rings. The first-order valence-corrected chi connectivity index (χ1v) is 7.98. The van der Waals surface area contributed by atoms with Crippen LogP contribution in [0.2, 0.25) is 0 Å². The highest BCUT2D eigenvalue weighted by Gasteiger charge is 2.17. The zero-order valence-corrected chi connectivity index (χ0v) is 13.2. The van der Waals surface area contributed by atoms with Crippen molar-refractivity contribution >= 4 is 17.2 Å². The van der Waals surface area contributed by atoms with Crippen molar-refractivity contribution in [2.24, 2.45) is 0 Å². The van der Waals surface area contributed by atoms with Crippen LogP contribution in [0.4, 0.5) is 0 Å². The summed E-state index contributed by atoms with van der Waals surface area (Å²) in [7, 11) is 0. The molecule has 0 radical (unpaired) electrons. The largest absolute Gasteiger partial charge is 0.442 e. The third kappa shape index (κ3) is 3.40. The van der Waals surface area contributed by atoms with E-state index >= 15 is 0 Å². The fraction of sp³-hybridized carbons (Fsp3) is 0.188. The standard InChI is InChI=1S/C16H15N3O3S/c1-11(12-6-3-2-4-7-12)17-14(20)10-19-15(18-22-16(19)21)13-8-5-9-23-13/h2-9,11H,10H2,1H3,(H,17,20)/t11-/m0/s1. The van der Waals surface area contributed by atoms with Gasteiger partial charge in [0.1, 0.15) is 6.54 Å². The molecule has 23 heavy (non-hydrogen) atoms. The van der Waals surface area contributed by atoms with Gasteiger partial charge in [-0.05, 0) is 23.9 Å². The van der Waals surface area contributed by atoms with Gasteiger partial charge >= 0.3 is 5.76 Å². The maximum atomic E-state index is 12.2. The third-order valence-electron chi connectivity index (χ3n) is 3.41. The molecule has 0 aliphatic heterocycles. The van der Waals surface area contributed by atoms with Gasteiger partial charge in [-0.3, -0.25) is 9.32 Å². The molecule has 2 aromatic heterocycles. The van der Waals surface area contributed by atoms with Gasteiger partial charge in [-0.2, -0.15) is 0 Å². The van der Waals surface area contributed by atoms with E-state index in [0.29, 0.717) is 5.82 Å². The smallest absolute Gasteiger partial charge is 0.348 e. The monoisotopic (exact) mass is 329 g/mol. The summed E-state index contributed by atoms with van der Waals surface area (Å²) in [6.07, 6.45) is 0. The lowest BCUT2D eigenvalue weighted by atomic mass is 10.1. The molecule has 0 saturated carbocycles. The lowest BCUT2D eigenvalue weighted by Gasteiger charge is -2.14. The van der Waals surface area contributed by atoms with Crippen molar-refractivity contribution in [2.75, 3.05) is 0 Å². The highest BCUT2D eigenvalue weighted by Crippen LogP contribution is 2.21. The molecule has 118 valence electrons. The molecule has 0 aliphatic carbocycles. The lowest BCUT2D eigenvalue weighted by molar-refractivity contribution is -0.122. The average molecular weight is 329 g/mol. The fourth-order valence-corrected chi connectivity index (χ4v) is 2.96. The van der Waals surface area contributed by atoms with Crippen molar-refractivity contribution < 1.29 is 9.32 Å². The number of rotatable bonds is 5. The molecular formula is C16H15N3O3S. The maximum absolute atomic E-state index is 12.2. The molecule has 1 N–H and O–H groups in total. The zero-order valence-electron chi connectivity index (χ0n) is 12.4. The molecule has 1 amide bonds. The second-order valence-electron chi connectivity index (χ2n) is 5.04. The van der Waals surface area contributed by atoms with E-state index in [4.69, 9.17) is 4.52 Å². The van der Waals surface area contributed by atoms with Crippen LogP contribution in [0.15, 0.2) is 57.2 Å². The Hall–Kier alpha value is -2.67. The van der Waals surface area contributed by atoms with Crippen molar-refractivity contribution in [3.05, 3.63) is 64.0 Å². The second kappa shape index (κ2) is 6.62. The molecule has 3 rings (SSSR count). The molecule has 7 heteroatoms. The molecule has 0 spiro atoms. The number of aromatic nitrogens is 2. The van der Waals surface area contributed by atoms with Crippen molar-refractivity contribution in [1.82, 2.24) is 15.0 Å². The summed E-state index contributed by atoms with van der Waals surface area (Å²) in [6.45, 7) is 1.76. The van der Waals surface area contributed by atoms with Crippen molar-refractivity contribution in [3.8, 4) is 10.7 Å². The summed E-state index contributed by atoms with van der Waals surface area (Å²) in [5.41, 5.74) is 0.997. The van der Waals surface area contributed by atoms with Crippen molar-refractivity contribution in [3.63, 3.8) is 0 Å². The Kier molecular flexibility index (Phi) is 4.38. The third-order valence-corrected chi connectivity index (χ3v) is 4.27. The van der Waals surface area contributed by atoms with Crippen molar-refractivity contribution in [2.45, 2.75) is 19.5 Å². The number of benzene rings is 1. The lowest BCUT2D eigenvalue weighted by Crippen LogP contribution is -2.32. The van der Waals surface area contributed by atoms with Gasteiger partial charge in [0.2, 0.25) is 5.91 Å². The SMILES string of the molecule is C[C@H](NC(=O)Cn1c(-c2cccs2)noc1=O)c1ccccc1. The topological polar surface area (TPSA) is 77.1 Å². The Morgan fingerprint density at radius 2 is 2.09 bits per heavy atom. The summed E-state index contributed by atoms with van der Waals surface area (Å²) < 4.78 is 5.93. The van der Waals surface area contributed by atoms with Gasteiger partial charge in [-0.25, -0.2) is 9.36 Å². The van der Waals surface area contributed by atoms with Crippen LogP contribution in [0.3, 0.4) is 0 Å². The number of amides is 1. The molecule has 0 saturated heterocycles. The van der Waals surface area contributed by atoms with E-state index in [1.165, 1.54) is 15.9 Å². The van der Waals surface area contributed by atoms with E-state index in [-0.39, 0.29) is 18.5 Å². The quantitative estimate of drug-likeness (QED) is 0.780. The average Bonchev–Trinajstić information content (AvgIpc) is 3.19. The predicted molar refractivity (Wildman–Crippen MR) is 87.1 cm³/mol. The van der Waals surface area contributed by atoms with Crippen LogP contribution in [0.5, 0.6) is 0 Å². The number of hydrogen-bond acceptors (Lipinski definition) is 5. The van der Waals surface area contributed by atoms with Gasteiger partial charge in [-0.1, -0.05) is 41.6 Å². The minimum absolute atomic E-state index is 0.132. The Morgan fingerprint density at radius 1 is 1.30 bits per heavy atom. The Balaban J connectivity index is 1.74. The Morgan fingerprint density at radius 3 is 2.78 bits per heavy atom. The van der Waals surface area contributed by atoms with Gasteiger partial charge in [-0.15, -0.1) is 11.3 Å². The van der Waals surface area contributed by atoms with E-state index < -0.39 is 5.76 Å². The fourth-order valence-electron chi connectivity index (χ4n) is 2.25. The molecule has 3 aromatic rings. The first-order chi connectivity index (χ1) is 11.1. The van der Waals surface area contributed by atoms with E-state index in [0.717, 1.165) is 10.4 Å². The van der Waals surface area contributed by atoms with Crippen LogP contribution < -0.4 is 11.1 Å². The van der Waals surface area contributed by atoms with Crippen molar-refractivity contribution in [1.29, 1.82) is 0 Å². The van der Waals surface area contributed by atoms with Crippen LogP contribution in [-0.2, 0) is 11.3 Å². The minimum atomic E-state index is -0.643. The Labute approximate surface area is 136 Å². The molecular weight excluding hydrogens is 314 g/mol. The summed E-state index contributed by atoms with van der Waals surface area (Å²) in [4.78, 5) is 24.8. The van der Waals surface area contributed by atoms with E-state index in [9.17, 15) is 9.59 Å². The normalized spacial score (nSPS) is 12.0. The molecule has 1 aromatic carbocycles. The highest BCUT2D eigenvalue weighted by atomic mass is 32.1. The molecule has 0 aliphatic rings. The summed E-state index contributed by atoms with van der Waals surface area (Å²) in [5.74, 6) is -0.548. The van der Waals surface area contributed by atoms with Gasteiger partial charge in [0.15, 0.2) is 5.82 Å². The Bertz CT molecular complexity index is 837. The molecule has 0 unspecified atom stereocenters. The van der Waals surface area contributed by atoms with E-state index in [1.54, 1.807) is 0 Å². The van der Waals surface area contributed by atoms with Gasteiger partial charge in [0.25, 0.3) is 0 Å².